The Hall–Kier alpha value is -2.02. The maximum Gasteiger partial charge on any atom is 0.166 e. The zero-order chi connectivity index (χ0) is 20.6. The highest BCUT2D eigenvalue weighted by atomic mass is 16.5. The van der Waals surface area contributed by atoms with Gasteiger partial charge in [0.1, 0.15) is 12.4 Å². The monoisotopic (exact) mass is 399 g/mol. The molecule has 158 valence electrons. The van der Waals surface area contributed by atoms with Crippen molar-refractivity contribution < 1.29 is 14.9 Å². The Morgan fingerprint density at radius 2 is 1.97 bits per heavy atom. The van der Waals surface area contributed by atoms with Gasteiger partial charge in [0, 0.05) is 30.5 Å². The van der Waals surface area contributed by atoms with Crippen molar-refractivity contribution in [2.24, 2.45) is 17.8 Å². The molecule has 2 aromatic rings. The van der Waals surface area contributed by atoms with Crippen LogP contribution in [0.2, 0.25) is 0 Å². The van der Waals surface area contributed by atoms with Crippen LogP contribution in [0.3, 0.4) is 0 Å². The van der Waals surface area contributed by atoms with E-state index in [0.29, 0.717) is 31.2 Å². The van der Waals surface area contributed by atoms with Gasteiger partial charge in [-0.3, -0.25) is 0 Å². The van der Waals surface area contributed by atoms with Crippen LogP contribution in [0.4, 0.5) is 0 Å². The van der Waals surface area contributed by atoms with Crippen molar-refractivity contribution in [3.63, 3.8) is 0 Å². The number of aromatic nitrogens is 2. The lowest BCUT2D eigenvalue weighted by Gasteiger charge is -2.25. The standard InChI is InChI=1S/C23H33N3O3/c1-16(2)8-10-24-21-13-22(28)20(14-27)19(21)12-17-9-11-25-23(26-17)15-29-18-6-4-3-5-7-18/h3-7,9,11,16,19-22,24,27-28H,8,10,12-15H2,1-2H3/t19-,20-,21-,22-/m1/s1. The molecule has 29 heavy (non-hydrogen) atoms. The molecule has 1 fully saturated rings. The second kappa shape index (κ2) is 10.7. The summed E-state index contributed by atoms with van der Waals surface area (Å²) in [7, 11) is 0. The minimum atomic E-state index is -0.482. The molecule has 1 aromatic carbocycles. The predicted molar refractivity (Wildman–Crippen MR) is 112 cm³/mol. The van der Waals surface area contributed by atoms with Gasteiger partial charge in [-0.15, -0.1) is 0 Å². The summed E-state index contributed by atoms with van der Waals surface area (Å²) in [6.07, 6.45) is 3.74. The van der Waals surface area contributed by atoms with Crippen LogP contribution >= 0.6 is 0 Å². The first-order valence-corrected chi connectivity index (χ1v) is 10.6. The first-order chi connectivity index (χ1) is 14.1. The molecule has 4 atom stereocenters. The Morgan fingerprint density at radius 1 is 1.17 bits per heavy atom. The highest BCUT2D eigenvalue weighted by Crippen LogP contribution is 2.34. The van der Waals surface area contributed by atoms with E-state index < -0.39 is 6.10 Å². The number of nitrogens with zero attached hydrogens (tertiary/aromatic N) is 2. The molecule has 1 aliphatic rings. The fourth-order valence-corrected chi connectivity index (χ4v) is 4.07. The van der Waals surface area contributed by atoms with Crippen molar-refractivity contribution in [2.45, 2.75) is 51.9 Å². The molecule has 3 N–H and O–H groups in total. The van der Waals surface area contributed by atoms with E-state index in [4.69, 9.17) is 4.74 Å². The topological polar surface area (TPSA) is 87.5 Å². The molecule has 6 nitrogen and oxygen atoms in total. The quantitative estimate of drug-likeness (QED) is 0.569. The van der Waals surface area contributed by atoms with Crippen LogP contribution in [0.15, 0.2) is 42.6 Å². The Morgan fingerprint density at radius 3 is 2.69 bits per heavy atom. The lowest BCUT2D eigenvalue weighted by molar-refractivity contribution is 0.0715. The van der Waals surface area contributed by atoms with E-state index in [2.05, 4.69) is 29.1 Å². The van der Waals surface area contributed by atoms with Crippen molar-refractivity contribution in [3.05, 3.63) is 54.1 Å². The van der Waals surface area contributed by atoms with Gasteiger partial charge in [0.15, 0.2) is 5.82 Å². The first-order valence-electron chi connectivity index (χ1n) is 10.6. The summed E-state index contributed by atoms with van der Waals surface area (Å²) < 4.78 is 5.76. The van der Waals surface area contributed by atoms with Gasteiger partial charge in [0.05, 0.1) is 6.10 Å². The SMILES string of the molecule is CC(C)CCN[C@@H]1C[C@@H](O)[C@H](CO)[C@H]1Cc1ccnc(COc2ccccc2)n1. The van der Waals surface area contributed by atoms with E-state index in [-0.39, 0.29) is 24.5 Å². The summed E-state index contributed by atoms with van der Waals surface area (Å²) in [5.41, 5.74) is 0.917. The summed E-state index contributed by atoms with van der Waals surface area (Å²) in [4.78, 5) is 8.98. The molecule has 6 heteroatoms. The average Bonchev–Trinajstić information content (AvgIpc) is 3.01. The minimum absolute atomic E-state index is 0.0107. The van der Waals surface area contributed by atoms with Gasteiger partial charge in [-0.1, -0.05) is 32.0 Å². The van der Waals surface area contributed by atoms with Gasteiger partial charge in [-0.2, -0.15) is 0 Å². The molecule has 0 bridgehead atoms. The van der Waals surface area contributed by atoms with E-state index in [1.54, 1.807) is 6.20 Å². The highest BCUT2D eigenvalue weighted by molar-refractivity contribution is 5.21. The zero-order valence-electron chi connectivity index (χ0n) is 17.4. The molecule has 0 spiro atoms. The molecule has 3 rings (SSSR count). The second-order valence-electron chi connectivity index (χ2n) is 8.33. The Bertz CT molecular complexity index is 741. The second-order valence-corrected chi connectivity index (χ2v) is 8.33. The number of aliphatic hydroxyl groups excluding tert-OH is 2. The summed E-state index contributed by atoms with van der Waals surface area (Å²) in [5, 5.41) is 23.9. The van der Waals surface area contributed by atoms with Gasteiger partial charge >= 0.3 is 0 Å². The normalized spacial score (nSPS) is 24.2. The van der Waals surface area contributed by atoms with Crippen LogP contribution in [0.25, 0.3) is 0 Å². The summed E-state index contributed by atoms with van der Waals surface area (Å²) in [5.74, 6) is 2.06. The van der Waals surface area contributed by atoms with Gasteiger partial charge in [-0.05, 0) is 55.8 Å². The number of ether oxygens (including phenoxy) is 1. The lowest BCUT2D eigenvalue weighted by atomic mass is 9.88. The molecular weight excluding hydrogens is 366 g/mol. The zero-order valence-corrected chi connectivity index (χ0v) is 17.4. The molecule has 1 heterocycles. The maximum atomic E-state index is 10.4. The summed E-state index contributed by atoms with van der Waals surface area (Å²) in [6, 6.07) is 11.7. The largest absolute Gasteiger partial charge is 0.486 e. The summed E-state index contributed by atoms with van der Waals surface area (Å²) >= 11 is 0. The third-order valence-electron chi connectivity index (χ3n) is 5.71. The molecule has 0 radical (unpaired) electrons. The number of para-hydroxylation sites is 1. The molecule has 1 aromatic heterocycles. The fourth-order valence-electron chi connectivity index (χ4n) is 4.07. The number of aliphatic hydroxyl groups is 2. The van der Waals surface area contributed by atoms with Crippen molar-refractivity contribution in [1.82, 2.24) is 15.3 Å². The number of hydrogen-bond acceptors (Lipinski definition) is 6. The van der Waals surface area contributed by atoms with E-state index in [1.807, 2.05) is 36.4 Å². The first kappa shape index (κ1) is 21.7. The number of hydrogen-bond donors (Lipinski definition) is 3. The van der Waals surface area contributed by atoms with E-state index in [0.717, 1.165) is 24.4 Å². The van der Waals surface area contributed by atoms with Gasteiger partial charge in [0.25, 0.3) is 0 Å². The predicted octanol–water partition coefficient (Wildman–Crippen LogP) is 2.59. The van der Waals surface area contributed by atoms with E-state index in [9.17, 15) is 10.2 Å². The van der Waals surface area contributed by atoms with Crippen LogP contribution < -0.4 is 10.1 Å². The van der Waals surface area contributed by atoms with Crippen LogP contribution in [0.5, 0.6) is 5.75 Å². The van der Waals surface area contributed by atoms with Crippen molar-refractivity contribution >= 4 is 0 Å². The Balaban J connectivity index is 1.64. The van der Waals surface area contributed by atoms with E-state index in [1.165, 1.54) is 0 Å². The fraction of sp³-hybridized carbons (Fsp3) is 0.565. The third kappa shape index (κ3) is 6.23. The van der Waals surface area contributed by atoms with Crippen LogP contribution in [0.1, 0.15) is 38.2 Å². The molecule has 0 saturated heterocycles. The molecule has 0 aliphatic heterocycles. The van der Waals surface area contributed by atoms with Crippen molar-refractivity contribution in [1.29, 1.82) is 0 Å². The average molecular weight is 400 g/mol. The lowest BCUT2D eigenvalue weighted by Crippen LogP contribution is -2.37. The van der Waals surface area contributed by atoms with Crippen molar-refractivity contribution in [3.8, 4) is 5.75 Å². The molecule has 0 unspecified atom stereocenters. The number of rotatable bonds is 10. The molecule has 0 amide bonds. The van der Waals surface area contributed by atoms with Crippen LogP contribution in [-0.4, -0.2) is 45.5 Å². The molecule has 1 saturated carbocycles. The minimum Gasteiger partial charge on any atom is -0.486 e. The van der Waals surface area contributed by atoms with Gasteiger partial charge < -0.3 is 20.3 Å². The van der Waals surface area contributed by atoms with Gasteiger partial charge in [0.2, 0.25) is 0 Å². The van der Waals surface area contributed by atoms with E-state index >= 15 is 0 Å². The Kier molecular flexibility index (Phi) is 7.98. The Labute approximate surface area is 173 Å². The highest BCUT2D eigenvalue weighted by Gasteiger charge is 2.41. The maximum absolute atomic E-state index is 10.4. The number of nitrogens with one attached hydrogen (secondary N) is 1. The summed E-state index contributed by atoms with van der Waals surface area (Å²) in [6.45, 7) is 5.63. The molecule has 1 aliphatic carbocycles. The number of benzene rings is 1. The molecular formula is C23H33N3O3. The third-order valence-corrected chi connectivity index (χ3v) is 5.71. The van der Waals surface area contributed by atoms with Crippen LogP contribution in [-0.2, 0) is 13.0 Å². The smallest absolute Gasteiger partial charge is 0.166 e. The van der Waals surface area contributed by atoms with Gasteiger partial charge in [-0.25, -0.2) is 9.97 Å². The van der Waals surface area contributed by atoms with Crippen LogP contribution in [0, 0.1) is 17.8 Å². The van der Waals surface area contributed by atoms with Crippen molar-refractivity contribution in [2.75, 3.05) is 13.2 Å².